The minimum Gasteiger partial charge on any atom is -0.457 e. The van der Waals surface area contributed by atoms with E-state index in [1.807, 2.05) is 91.1 Å². The minimum absolute atomic E-state index is 0.689. The van der Waals surface area contributed by atoms with Crippen molar-refractivity contribution in [2.75, 3.05) is 16.3 Å². The molecule has 8 heteroatoms. The second-order valence-electron chi connectivity index (χ2n) is 7.89. The Balaban J connectivity index is 1.38. The summed E-state index contributed by atoms with van der Waals surface area (Å²) in [6.45, 7) is 0. The van der Waals surface area contributed by atoms with Crippen LogP contribution in [-0.2, 0) is 9.71 Å². The van der Waals surface area contributed by atoms with Crippen molar-refractivity contribution in [1.82, 2.24) is 14.6 Å². The normalized spacial score (nSPS) is 12.7. The first-order valence-electron chi connectivity index (χ1n) is 10.6. The van der Waals surface area contributed by atoms with E-state index in [1.165, 1.54) is 0 Å². The summed E-state index contributed by atoms with van der Waals surface area (Å²) in [6.07, 6.45) is 5.20. The van der Waals surface area contributed by atoms with Gasteiger partial charge in [0, 0.05) is 39.1 Å². The summed E-state index contributed by atoms with van der Waals surface area (Å²) in [7, 11) is -2.37. The third-order valence-electron chi connectivity index (χ3n) is 4.98. The molecule has 1 atom stereocenters. The first kappa shape index (κ1) is 21.5. The highest BCUT2D eigenvalue weighted by Gasteiger charge is 2.10. The van der Waals surface area contributed by atoms with Crippen LogP contribution in [-0.4, -0.2) is 30.9 Å². The molecule has 2 aromatic heterocycles. The topological polar surface area (TPSA) is 80.6 Å². The van der Waals surface area contributed by atoms with Crippen molar-refractivity contribution in [2.45, 2.75) is 0 Å². The number of nitrogens with one attached hydrogen (secondary N) is 2. The van der Waals surface area contributed by atoms with Gasteiger partial charge in [0.15, 0.2) is 5.65 Å². The van der Waals surface area contributed by atoms with Gasteiger partial charge in [-0.25, -0.2) is 13.7 Å². The lowest BCUT2D eigenvalue weighted by molar-refractivity contribution is 0.483. The van der Waals surface area contributed by atoms with Crippen LogP contribution >= 0.6 is 0 Å². The molecule has 2 N–H and O–H groups in total. The first-order chi connectivity index (χ1) is 16.4. The molecule has 3 aromatic carbocycles. The second-order valence-corrected chi connectivity index (χ2v) is 10.1. The van der Waals surface area contributed by atoms with Gasteiger partial charge in [-0.3, -0.25) is 0 Å². The van der Waals surface area contributed by atoms with Gasteiger partial charge in [-0.2, -0.15) is 5.10 Å². The Hall–Kier alpha value is -4.30. The molecule has 0 amide bonds. The van der Waals surface area contributed by atoms with Crippen molar-refractivity contribution < 1.29 is 8.95 Å². The average Bonchev–Trinajstić information content (AvgIpc) is 3.23. The van der Waals surface area contributed by atoms with Gasteiger partial charge in [-0.05, 0) is 66.0 Å². The molecule has 0 aliphatic rings. The Morgan fingerprint density at radius 2 is 1.68 bits per heavy atom. The minimum atomic E-state index is -2.37. The van der Waals surface area contributed by atoms with Crippen molar-refractivity contribution >= 4 is 38.4 Å². The Bertz CT molecular complexity index is 1550. The van der Waals surface area contributed by atoms with Crippen LogP contribution in [0.4, 0.5) is 17.2 Å². The quantitative estimate of drug-likeness (QED) is 0.303. The fourth-order valence-electron chi connectivity index (χ4n) is 3.52. The molecule has 1 unspecified atom stereocenters. The predicted octanol–water partition coefficient (Wildman–Crippen LogP) is 5.61. The van der Waals surface area contributed by atoms with Crippen molar-refractivity contribution in [3.8, 4) is 22.6 Å². The largest absolute Gasteiger partial charge is 0.457 e. The van der Waals surface area contributed by atoms with Gasteiger partial charge in [0.25, 0.3) is 0 Å². The molecule has 5 rings (SSSR count). The molecule has 0 aliphatic carbocycles. The SMILES string of the molecule is C=S(C)(=O)Nc1cccc(-c2cnn3ccc(Nc4ccc(Oc5ccccc5)cc4)nc23)c1. The summed E-state index contributed by atoms with van der Waals surface area (Å²) < 4.78 is 22.5. The number of rotatable bonds is 7. The predicted molar refractivity (Wildman–Crippen MR) is 139 cm³/mol. The van der Waals surface area contributed by atoms with Gasteiger partial charge >= 0.3 is 0 Å². The molecule has 0 saturated carbocycles. The molecule has 0 saturated heterocycles. The zero-order valence-electron chi connectivity index (χ0n) is 18.5. The van der Waals surface area contributed by atoms with E-state index in [9.17, 15) is 4.21 Å². The number of benzene rings is 3. The summed E-state index contributed by atoms with van der Waals surface area (Å²) in [5, 5.41) is 7.75. The van der Waals surface area contributed by atoms with Crippen LogP contribution in [0.1, 0.15) is 0 Å². The third-order valence-corrected chi connectivity index (χ3v) is 5.65. The number of nitrogens with zero attached hydrogens (tertiary/aromatic N) is 3. The van der Waals surface area contributed by atoms with Crippen LogP contribution in [0.3, 0.4) is 0 Å². The molecule has 2 heterocycles. The number of anilines is 3. The Labute approximate surface area is 198 Å². The molecule has 0 fully saturated rings. The molecular formula is C26H23N5O2S. The highest BCUT2D eigenvalue weighted by Crippen LogP contribution is 2.28. The van der Waals surface area contributed by atoms with Crippen LogP contribution in [0.2, 0.25) is 0 Å². The van der Waals surface area contributed by atoms with Crippen LogP contribution < -0.4 is 14.8 Å². The van der Waals surface area contributed by atoms with E-state index in [0.29, 0.717) is 11.5 Å². The number of ether oxygens (including phenoxy) is 1. The molecule has 34 heavy (non-hydrogen) atoms. The fourth-order valence-corrected chi connectivity index (χ4v) is 4.15. The van der Waals surface area contributed by atoms with Gasteiger partial charge in [0.2, 0.25) is 0 Å². The van der Waals surface area contributed by atoms with Gasteiger partial charge in [-0.1, -0.05) is 30.3 Å². The Morgan fingerprint density at radius 3 is 2.44 bits per heavy atom. The summed E-state index contributed by atoms with van der Waals surface area (Å²) in [5.74, 6) is 5.89. The molecule has 0 radical (unpaired) electrons. The van der Waals surface area contributed by atoms with Crippen molar-refractivity contribution in [1.29, 1.82) is 0 Å². The summed E-state index contributed by atoms with van der Waals surface area (Å²) >= 11 is 0. The van der Waals surface area contributed by atoms with Crippen LogP contribution in [0.5, 0.6) is 11.5 Å². The maximum atomic E-state index is 12.0. The summed E-state index contributed by atoms with van der Waals surface area (Å²) in [6, 6.07) is 26.9. The van der Waals surface area contributed by atoms with E-state index < -0.39 is 9.71 Å². The van der Waals surface area contributed by atoms with Crippen LogP contribution in [0, 0.1) is 0 Å². The van der Waals surface area contributed by atoms with Crippen molar-refractivity contribution in [2.24, 2.45) is 0 Å². The Kier molecular flexibility index (Phi) is 5.65. The third kappa shape index (κ3) is 5.02. The Morgan fingerprint density at radius 1 is 0.912 bits per heavy atom. The molecule has 0 bridgehead atoms. The van der Waals surface area contributed by atoms with Gasteiger partial charge in [0.05, 0.1) is 6.20 Å². The molecule has 0 spiro atoms. The molecule has 170 valence electrons. The zero-order valence-corrected chi connectivity index (χ0v) is 19.3. The maximum absolute atomic E-state index is 12.0. The number of fused-ring (bicyclic) bond motifs is 1. The molecule has 7 nitrogen and oxygen atoms in total. The van der Waals surface area contributed by atoms with Crippen LogP contribution in [0.15, 0.2) is 97.3 Å². The second kappa shape index (κ2) is 8.92. The van der Waals surface area contributed by atoms with E-state index in [1.54, 1.807) is 17.0 Å². The standard InChI is InChI=1S/C26H23N5O2S/c1-34(2,32)30-21-8-6-7-19(17-21)24-18-27-31-16-15-25(29-26(24)31)28-20-11-13-23(14-12-20)33-22-9-4-3-5-10-22/h3-18H,1H2,2H3,(H,28,29)(H,30,32). The number of para-hydroxylation sites is 1. The highest BCUT2D eigenvalue weighted by molar-refractivity contribution is 8.00. The lowest BCUT2D eigenvalue weighted by Crippen LogP contribution is -2.09. The van der Waals surface area contributed by atoms with Gasteiger partial charge < -0.3 is 14.8 Å². The van der Waals surface area contributed by atoms with E-state index in [2.05, 4.69) is 21.0 Å². The molecule has 5 aromatic rings. The van der Waals surface area contributed by atoms with E-state index in [-0.39, 0.29) is 0 Å². The molecule has 0 aliphatic heterocycles. The lowest BCUT2D eigenvalue weighted by Gasteiger charge is -2.10. The number of hydrogen-bond donors (Lipinski definition) is 2. The van der Waals surface area contributed by atoms with E-state index >= 15 is 0 Å². The fraction of sp³-hybridized carbons (Fsp3) is 0.0385. The number of aromatic nitrogens is 3. The van der Waals surface area contributed by atoms with Crippen molar-refractivity contribution in [3.63, 3.8) is 0 Å². The summed E-state index contributed by atoms with van der Waals surface area (Å²) in [4.78, 5) is 4.77. The van der Waals surface area contributed by atoms with E-state index in [4.69, 9.17) is 9.72 Å². The average molecular weight is 470 g/mol. The smallest absolute Gasteiger partial charge is 0.165 e. The summed E-state index contributed by atoms with van der Waals surface area (Å²) in [5.41, 5.74) is 4.10. The zero-order chi connectivity index (χ0) is 23.5. The molecular weight excluding hydrogens is 446 g/mol. The highest BCUT2D eigenvalue weighted by atomic mass is 32.2. The van der Waals surface area contributed by atoms with Crippen molar-refractivity contribution in [3.05, 3.63) is 97.3 Å². The first-order valence-corrected chi connectivity index (χ1v) is 12.7. The van der Waals surface area contributed by atoms with E-state index in [0.717, 1.165) is 34.0 Å². The monoisotopic (exact) mass is 469 g/mol. The lowest BCUT2D eigenvalue weighted by atomic mass is 10.1. The maximum Gasteiger partial charge on any atom is 0.165 e. The number of hydrogen-bond acceptors (Lipinski definition) is 5. The van der Waals surface area contributed by atoms with Gasteiger partial charge in [0.1, 0.15) is 17.3 Å². The van der Waals surface area contributed by atoms with Gasteiger partial charge in [-0.15, -0.1) is 0 Å². The van der Waals surface area contributed by atoms with Crippen LogP contribution in [0.25, 0.3) is 16.8 Å².